The van der Waals surface area contributed by atoms with Gasteiger partial charge in [0.2, 0.25) is 5.91 Å². The summed E-state index contributed by atoms with van der Waals surface area (Å²) in [6.07, 6.45) is 0.409. The molecule has 0 bridgehead atoms. The number of nitrogens with one attached hydrogen (secondary N) is 1. The van der Waals surface area contributed by atoms with Crippen LogP contribution < -0.4 is 5.32 Å². The van der Waals surface area contributed by atoms with Crippen LogP contribution in [-0.4, -0.2) is 52.2 Å². The van der Waals surface area contributed by atoms with Gasteiger partial charge in [0.25, 0.3) is 0 Å². The fourth-order valence-corrected chi connectivity index (χ4v) is 2.08. The summed E-state index contributed by atoms with van der Waals surface area (Å²) in [6, 6.07) is -1.62. The van der Waals surface area contributed by atoms with Gasteiger partial charge in [0.1, 0.15) is 17.7 Å². The normalized spacial score (nSPS) is 20.4. The van der Waals surface area contributed by atoms with E-state index in [1.165, 1.54) is 11.8 Å². The van der Waals surface area contributed by atoms with Gasteiger partial charge in [0.05, 0.1) is 0 Å². The number of carbonyl (C=O) groups is 3. The summed E-state index contributed by atoms with van der Waals surface area (Å²) in [5, 5.41) is 11.5. The molecule has 7 heteroatoms. The number of carbonyl (C=O) groups excluding carboxylic acids is 2. The molecule has 1 aliphatic rings. The van der Waals surface area contributed by atoms with E-state index in [9.17, 15) is 14.4 Å². The smallest absolute Gasteiger partial charge is 0.408 e. The minimum Gasteiger partial charge on any atom is -0.480 e. The van der Waals surface area contributed by atoms with E-state index in [0.717, 1.165) is 0 Å². The lowest BCUT2D eigenvalue weighted by Crippen LogP contribution is -2.51. The third kappa shape index (κ3) is 4.40. The molecule has 1 saturated heterocycles. The topological polar surface area (TPSA) is 95.9 Å². The fourth-order valence-electron chi connectivity index (χ4n) is 2.08. The molecule has 2 N–H and O–H groups in total. The van der Waals surface area contributed by atoms with Crippen molar-refractivity contribution < 1.29 is 24.2 Å². The summed E-state index contributed by atoms with van der Waals surface area (Å²) in [5.74, 6) is -1.42. The molecule has 2 unspecified atom stereocenters. The van der Waals surface area contributed by atoms with E-state index in [4.69, 9.17) is 9.84 Å². The molecule has 0 radical (unpaired) electrons. The Labute approximate surface area is 118 Å². The number of rotatable bonds is 3. The lowest BCUT2D eigenvalue weighted by atomic mass is 10.2. The van der Waals surface area contributed by atoms with Gasteiger partial charge >= 0.3 is 12.1 Å². The van der Waals surface area contributed by atoms with Crippen molar-refractivity contribution in [3.8, 4) is 0 Å². The third-order valence-corrected chi connectivity index (χ3v) is 2.92. The Hall–Kier alpha value is -1.79. The van der Waals surface area contributed by atoms with Crippen LogP contribution in [0.5, 0.6) is 0 Å². The number of amides is 2. The number of aliphatic carboxylic acids is 1. The second-order valence-corrected chi connectivity index (χ2v) is 5.90. The Morgan fingerprint density at radius 3 is 2.45 bits per heavy atom. The largest absolute Gasteiger partial charge is 0.480 e. The van der Waals surface area contributed by atoms with Crippen LogP contribution >= 0.6 is 0 Å². The molecular formula is C13H22N2O5. The first-order valence-corrected chi connectivity index (χ1v) is 6.64. The molecule has 0 aromatic carbocycles. The molecule has 114 valence electrons. The zero-order chi connectivity index (χ0) is 15.5. The quantitative estimate of drug-likeness (QED) is 0.806. The van der Waals surface area contributed by atoms with Gasteiger partial charge in [-0.15, -0.1) is 0 Å². The zero-order valence-corrected chi connectivity index (χ0v) is 12.3. The van der Waals surface area contributed by atoms with Crippen molar-refractivity contribution in [1.82, 2.24) is 10.2 Å². The molecule has 0 aromatic rings. The van der Waals surface area contributed by atoms with Gasteiger partial charge in [-0.25, -0.2) is 9.59 Å². The molecule has 1 rings (SSSR count). The Morgan fingerprint density at radius 1 is 1.35 bits per heavy atom. The average molecular weight is 286 g/mol. The molecule has 1 heterocycles. The summed E-state index contributed by atoms with van der Waals surface area (Å²) in [4.78, 5) is 36.1. The van der Waals surface area contributed by atoms with Gasteiger partial charge in [-0.1, -0.05) is 0 Å². The maximum atomic E-state index is 12.2. The highest BCUT2D eigenvalue weighted by atomic mass is 16.6. The molecule has 20 heavy (non-hydrogen) atoms. The highest BCUT2D eigenvalue weighted by molar-refractivity contribution is 5.89. The van der Waals surface area contributed by atoms with E-state index in [1.807, 2.05) is 0 Å². The Kier molecular flexibility index (Phi) is 4.97. The Balaban J connectivity index is 2.59. The van der Waals surface area contributed by atoms with E-state index >= 15 is 0 Å². The number of likely N-dealkylation sites (tertiary alicyclic amines) is 1. The maximum Gasteiger partial charge on any atom is 0.408 e. The van der Waals surface area contributed by atoms with Crippen LogP contribution in [0.2, 0.25) is 0 Å². The number of hydrogen-bond donors (Lipinski definition) is 2. The summed E-state index contributed by atoms with van der Waals surface area (Å²) in [5.41, 5.74) is -0.649. The number of nitrogens with zero attached hydrogens (tertiary/aromatic N) is 1. The number of ether oxygens (including phenoxy) is 1. The SMILES string of the molecule is CC(NC(=O)OC(C)(C)C)C(=O)N1CCCC1C(=O)O. The van der Waals surface area contributed by atoms with E-state index in [-0.39, 0.29) is 0 Å². The molecule has 1 fully saturated rings. The molecule has 7 nitrogen and oxygen atoms in total. The van der Waals surface area contributed by atoms with E-state index in [0.29, 0.717) is 19.4 Å². The van der Waals surface area contributed by atoms with Gasteiger partial charge in [-0.2, -0.15) is 0 Å². The number of carboxylic acid groups (broad SMARTS) is 1. The second-order valence-electron chi connectivity index (χ2n) is 5.90. The molecule has 0 spiro atoms. The maximum absolute atomic E-state index is 12.2. The van der Waals surface area contributed by atoms with Crippen LogP contribution in [0.3, 0.4) is 0 Å². The van der Waals surface area contributed by atoms with E-state index in [2.05, 4.69) is 5.32 Å². The van der Waals surface area contributed by atoms with Crippen molar-refractivity contribution in [3.05, 3.63) is 0 Å². The Morgan fingerprint density at radius 2 is 1.95 bits per heavy atom. The first-order chi connectivity index (χ1) is 9.11. The molecule has 0 saturated carbocycles. The van der Waals surface area contributed by atoms with E-state index < -0.39 is 35.7 Å². The summed E-state index contributed by atoms with van der Waals surface area (Å²) in [6.45, 7) is 7.08. The van der Waals surface area contributed by atoms with Crippen LogP contribution in [0.25, 0.3) is 0 Å². The Bertz CT molecular complexity index is 402. The van der Waals surface area contributed by atoms with Crippen molar-refractivity contribution in [2.24, 2.45) is 0 Å². The highest BCUT2D eigenvalue weighted by Gasteiger charge is 2.36. The van der Waals surface area contributed by atoms with E-state index in [1.54, 1.807) is 20.8 Å². The summed E-state index contributed by atoms with van der Waals surface area (Å²) < 4.78 is 5.06. The van der Waals surface area contributed by atoms with Crippen LogP contribution in [0.15, 0.2) is 0 Å². The molecule has 2 atom stereocenters. The zero-order valence-electron chi connectivity index (χ0n) is 12.3. The number of alkyl carbamates (subject to hydrolysis) is 1. The van der Waals surface area contributed by atoms with Crippen molar-refractivity contribution >= 4 is 18.0 Å². The lowest BCUT2D eigenvalue weighted by Gasteiger charge is -2.26. The molecule has 0 aromatic heterocycles. The first-order valence-electron chi connectivity index (χ1n) is 6.64. The fraction of sp³-hybridized carbons (Fsp3) is 0.769. The number of carboxylic acids is 1. The molecule has 1 aliphatic heterocycles. The van der Waals surface area contributed by atoms with Crippen LogP contribution in [0, 0.1) is 0 Å². The van der Waals surface area contributed by atoms with Crippen molar-refractivity contribution in [3.63, 3.8) is 0 Å². The minimum absolute atomic E-state index is 0.399. The highest BCUT2D eigenvalue weighted by Crippen LogP contribution is 2.18. The summed E-state index contributed by atoms with van der Waals surface area (Å²) in [7, 11) is 0. The molecular weight excluding hydrogens is 264 g/mol. The van der Waals surface area contributed by atoms with Crippen LogP contribution in [0.4, 0.5) is 4.79 Å². The monoisotopic (exact) mass is 286 g/mol. The predicted molar refractivity (Wildman–Crippen MR) is 71.2 cm³/mol. The number of hydrogen-bond acceptors (Lipinski definition) is 4. The van der Waals surface area contributed by atoms with Crippen molar-refractivity contribution in [2.75, 3.05) is 6.54 Å². The van der Waals surface area contributed by atoms with Gasteiger partial charge in [-0.05, 0) is 40.5 Å². The van der Waals surface area contributed by atoms with Gasteiger partial charge < -0.3 is 20.1 Å². The van der Waals surface area contributed by atoms with Gasteiger partial charge in [0.15, 0.2) is 0 Å². The molecule has 0 aliphatic carbocycles. The minimum atomic E-state index is -1.01. The van der Waals surface area contributed by atoms with Crippen molar-refractivity contribution in [2.45, 2.75) is 58.2 Å². The van der Waals surface area contributed by atoms with Gasteiger partial charge in [-0.3, -0.25) is 4.79 Å². The van der Waals surface area contributed by atoms with Crippen molar-refractivity contribution in [1.29, 1.82) is 0 Å². The lowest BCUT2D eigenvalue weighted by molar-refractivity contribution is -0.148. The average Bonchev–Trinajstić information content (AvgIpc) is 2.73. The standard InChI is InChI=1S/C13H22N2O5/c1-8(14-12(19)20-13(2,3)4)10(16)15-7-5-6-9(15)11(17)18/h8-9H,5-7H2,1-4H3,(H,14,19)(H,17,18). The van der Waals surface area contributed by atoms with Crippen LogP contribution in [-0.2, 0) is 14.3 Å². The van der Waals surface area contributed by atoms with Gasteiger partial charge in [0, 0.05) is 6.54 Å². The molecule has 2 amide bonds. The first kappa shape index (κ1) is 16.3. The summed E-state index contributed by atoms with van der Waals surface area (Å²) >= 11 is 0. The van der Waals surface area contributed by atoms with Crippen LogP contribution in [0.1, 0.15) is 40.5 Å². The predicted octanol–water partition coefficient (Wildman–Crippen LogP) is 0.975. The second kappa shape index (κ2) is 6.11. The third-order valence-electron chi connectivity index (χ3n) is 2.92.